The first-order chi connectivity index (χ1) is 8.52. The molecule has 0 bridgehead atoms. The molecule has 0 aliphatic rings. The summed E-state index contributed by atoms with van der Waals surface area (Å²) in [5.41, 5.74) is 2.30. The van der Waals surface area contributed by atoms with E-state index in [0.717, 1.165) is 0 Å². The van der Waals surface area contributed by atoms with Gasteiger partial charge in [-0.1, -0.05) is 6.07 Å². The van der Waals surface area contributed by atoms with Crippen LogP contribution in [0.15, 0.2) is 18.2 Å². The van der Waals surface area contributed by atoms with Crippen LogP contribution < -0.4 is 5.32 Å². The Hall–Kier alpha value is -2.35. The Kier molecular flexibility index (Phi) is 3.02. The van der Waals surface area contributed by atoms with Gasteiger partial charge in [0.1, 0.15) is 23.3 Å². The fourth-order valence-corrected chi connectivity index (χ4v) is 1.74. The van der Waals surface area contributed by atoms with Crippen LogP contribution in [0.4, 0.5) is 15.9 Å². The molecular formula is C13H13FN4. The second-order valence-corrected chi connectivity index (χ2v) is 4.13. The molecule has 4 nitrogen and oxygen atoms in total. The maximum atomic E-state index is 13.4. The molecule has 0 unspecified atom stereocenters. The summed E-state index contributed by atoms with van der Waals surface area (Å²) in [4.78, 5) is 0. The minimum atomic E-state index is -0.280. The summed E-state index contributed by atoms with van der Waals surface area (Å²) >= 11 is 0. The largest absolute Gasteiger partial charge is 0.339 e. The molecule has 92 valence electrons. The van der Waals surface area contributed by atoms with E-state index >= 15 is 0 Å². The van der Waals surface area contributed by atoms with Gasteiger partial charge >= 0.3 is 0 Å². The summed E-state index contributed by atoms with van der Waals surface area (Å²) < 4.78 is 15.0. The quantitative estimate of drug-likeness (QED) is 0.883. The Balaban J connectivity index is 2.40. The third kappa shape index (κ3) is 2.05. The zero-order valence-electron chi connectivity index (χ0n) is 10.5. The van der Waals surface area contributed by atoms with Crippen LogP contribution >= 0.6 is 0 Å². The van der Waals surface area contributed by atoms with E-state index in [2.05, 4.69) is 16.5 Å². The van der Waals surface area contributed by atoms with Crippen molar-refractivity contribution in [2.75, 3.05) is 5.32 Å². The van der Waals surface area contributed by atoms with Gasteiger partial charge in [-0.2, -0.15) is 10.4 Å². The van der Waals surface area contributed by atoms with Crippen LogP contribution in [0.3, 0.4) is 0 Å². The van der Waals surface area contributed by atoms with Gasteiger partial charge in [0.05, 0.1) is 5.69 Å². The Labute approximate surface area is 105 Å². The van der Waals surface area contributed by atoms with Gasteiger partial charge in [-0.25, -0.2) is 4.39 Å². The highest BCUT2D eigenvalue weighted by atomic mass is 19.1. The first kappa shape index (κ1) is 12.1. The van der Waals surface area contributed by atoms with Gasteiger partial charge in [-0.3, -0.25) is 4.68 Å². The van der Waals surface area contributed by atoms with Crippen molar-refractivity contribution in [1.29, 1.82) is 5.26 Å². The first-order valence-corrected chi connectivity index (χ1v) is 5.50. The van der Waals surface area contributed by atoms with E-state index in [-0.39, 0.29) is 5.82 Å². The number of aryl methyl sites for hydroxylation is 3. The molecule has 0 saturated heterocycles. The monoisotopic (exact) mass is 244 g/mol. The molecule has 2 aromatic rings. The van der Waals surface area contributed by atoms with Crippen LogP contribution in [0.5, 0.6) is 0 Å². The normalized spacial score (nSPS) is 10.2. The van der Waals surface area contributed by atoms with Crippen LogP contribution in [0, 0.1) is 31.0 Å². The van der Waals surface area contributed by atoms with Gasteiger partial charge < -0.3 is 5.32 Å². The summed E-state index contributed by atoms with van der Waals surface area (Å²) in [6, 6.07) is 6.95. The lowest BCUT2D eigenvalue weighted by molar-refractivity contribution is 0.619. The van der Waals surface area contributed by atoms with Gasteiger partial charge in [-0.05, 0) is 31.5 Å². The van der Waals surface area contributed by atoms with Crippen LogP contribution in [0.2, 0.25) is 0 Å². The van der Waals surface area contributed by atoms with Gasteiger partial charge in [0.25, 0.3) is 0 Å². The summed E-state index contributed by atoms with van der Waals surface area (Å²) in [6.45, 7) is 3.47. The van der Waals surface area contributed by atoms with E-state index in [0.29, 0.717) is 28.3 Å². The maximum absolute atomic E-state index is 13.4. The summed E-state index contributed by atoms with van der Waals surface area (Å²) in [5, 5.41) is 16.2. The molecule has 0 aliphatic heterocycles. The van der Waals surface area contributed by atoms with Gasteiger partial charge in [0.15, 0.2) is 0 Å². The van der Waals surface area contributed by atoms with Gasteiger partial charge in [0.2, 0.25) is 0 Å². The van der Waals surface area contributed by atoms with Crippen molar-refractivity contribution in [3.05, 3.63) is 40.8 Å². The van der Waals surface area contributed by atoms with Crippen LogP contribution in [0.25, 0.3) is 0 Å². The van der Waals surface area contributed by atoms with Crippen molar-refractivity contribution in [2.45, 2.75) is 13.8 Å². The van der Waals surface area contributed by atoms with E-state index in [9.17, 15) is 4.39 Å². The molecule has 2 rings (SSSR count). The average Bonchev–Trinajstić information content (AvgIpc) is 2.58. The van der Waals surface area contributed by atoms with Crippen molar-refractivity contribution in [3.63, 3.8) is 0 Å². The molecule has 0 amide bonds. The summed E-state index contributed by atoms with van der Waals surface area (Å²) in [7, 11) is 1.74. The molecule has 0 atom stereocenters. The fourth-order valence-electron chi connectivity index (χ4n) is 1.74. The highest BCUT2D eigenvalue weighted by Crippen LogP contribution is 2.23. The number of aromatic nitrogens is 2. The van der Waals surface area contributed by atoms with Crippen molar-refractivity contribution in [3.8, 4) is 6.07 Å². The van der Waals surface area contributed by atoms with E-state index in [1.807, 2.05) is 0 Å². The average molecular weight is 244 g/mol. The number of hydrogen-bond acceptors (Lipinski definition) is 3. The Morgan fingerprint density at radius 1 is 1.39 bits per heavy atom. The molecule has 18 heavy (non-hydrogen) atoms. The summed E-state index contributed by atoms with van der Waals surface area (Å²) in [6.07, 6.45) is 0. The minimum absolute atomic E-state index is 0.280. The number of rotatable bonds is 2. The van der Waals surface area contributed by atoms with Crippen LogP contribution in [-0.2, 0) is 7.05 Å². The maximum Gasteiger partial charge on any atom is 0.146 e. The van der Waals surface area contributed by atoms with E-state index in [1.54, 1.807) is 37.7 Å². The molecular weight excluding hydrogens is 231 g/mol. The molecule has 0 spiro atoms. The number of nitrogens with zero attached hydrogens (tertiary/aromatic N) is 3. The predicted molar refractivity (Wildman–Crippen MR) is 67.1 cm³/mol. The number of nitrogens with one attached hydrogen (secondary N) is 1. The number of benzene rings is 1. The Bertz CT molecular complexity index is 637. The zero-order valence-corrected chi connectivity index (χ0v) is 10.5. The lowest BCUT2D eigenvalue weighted by Crippen LogP contribution is -2.01. The number of nitriles is 1. The Morgan fingerprint density at radius 3 is 2.72 bits per heavy atom. The van der Waals surface area contributed by atoms with Gasteiger partial charge in [-0.15, -0.1) is 0 Å². The Morgan fingerprint density at radius 2 is 2.11 bits per heavy atom. The lowest BCUT2D eigenvalue weighted by atomic mass is 10.2. The lowest BCUT2D eigenvalue weighted by Gasteiger charge is -2.08. The molecule has 1 N–H and O–H groups in total. The van der Waals surface area contributed by atoms with Crippen molar-refractivity contribution in [1.82, 2.24) is 9.78 Å². The first-order valence-electron chi connectivity index (χ1n) is 5.50. The molecule has 1 aromatic heterocycles. The summed E-state index contributed by atoms with van der Waals surface area (Å²) in [5.74, 6) is 0.288. The number of anilines is 2. The van der Waals surface area contributed by atoms with Crippen molar-refractivity contribution < 1.29 is 4.39 Å². The molecule has 0 radical (unpaired) electrons. The van der Waals surface area contributed by atoms with Crippen molar-refractivity contribution >= 4 is 11.5 Å². The molecule has 0 fully saturated rings. The minimum Gasteiger partial charge on any atom is -0.339 e. The van der Waals surface area contributed by atoms with Crippen LogP contribution in [-0.4, -0.2) is 9.78 Å². The second kappa shape index (κ2) is 4.49. The third-order valence-corrected chi connectivity index (χ3v) is 2.77. The second-order valence-electron chi connectivity index (χ2n) is 4.13. The van der Waals surface area contributed by atoms with Crippen LogP contribution in [0.1, 0.15) is 16.8 Å². The highest BCUT2D eigenvalue weighted by Gasteiger charge is 2.13. The standard InChI is InChI=1S/C13H13FN4/c1-8-4-5-10(6-12(8)14)16-13-11(7-15)9(2)17-18(13)3/h4-6,16H,1-3H3. The topological polar surface area (TPSA) is 53.6 Å². The van der Waals surface area contributed by atoms with E-state index in [4.69, 9.17) is 5.26 Å². The smallest absolute Gasteiger partial charge is 0.146 e. The molecule has 5 heteroatoms. The zero-order chi connectivity index (χ0) is 13.3. The molecule has 0 saturated carbocycles. The molecule has 0 aliphatic carbocycles. The SMILES string of the molecule is Cc1ccc(Nc2c(C#N)c(C)nn2C)cc1F. The highest BCUT2D eigenvalue weighted by molar-refractivity contribution is 5.64. The van der Waals surface area contributed by atoms with E-state index < -0.39 is 0 Å². The third-order valence-electron chi connectivity index (χ3n) is 2.77. The van der Waals surface area contributed by atoms with Crippen molar-refractivity contribution in [2.24, 2.45) is 7.05 Å². The molecule has 1 heterocycles. The number of halogens is 1. The van der Waals surface area contributed by atoms with Gasteiger partial charge in [0, 0.05) is 12.7 Å². The number of hydrogen-bond donors (Lipinski definition) is 1. The predicted octanol–water partition coefficient (Wildman–Crippen LogP) is 2.79. The fraction of sp³-hybridized carbons (Fsp3) is 0.231. The molecule has 1 aromatic carbocycles. The van der Waals surface area contributed by atoms with E-state index in [1.165, 1.54) is 6.07 Å².